The van der Waals surface area contributed by atoms with Crippen LogP contribution in [0.1, 0.15) is 25.7 Å². The number of amides is 1. The van der Waals surface area contributed by atoms with Gasteiger partial charge in [-0.2, -0.15) is 5.10 Å². The minimum Gasteiger partial charge on any atom is -0.323 e. The summed E-state index contributed by atoms with van der Waals surface area (Å²) in [6.45, 7) is 4.03. The third-order valence-electron chi connectivity index (χ3n) is 2.50. The highest BCUT2D eigenvalue weighted by molar-refractivity contribution is 7.99. The summed E-state index contributed by atoms with van der Waals surface area (Å²) >= 11 is 1.47. The number of hydrogen-bond acceptors (Lipinski definition) is 6. The largest absolute Gasteiger partial charge is 0.323 e. The SMILES string of the molecule is CC(C)n1nnnc1CSCC(=O)Nc1cnn(C)c1. The quantitative estimate of drug-likeness (QED) is 0.850. The van der Waals surface area contributed by atoms with Crippen LogP contribution in [0, 0.1) is 0 Å². The molecular formula is C11H17N7OS. The van der Waals surface area contributed by atoms with E-state index in [1.54, 1.807) is 28.8 Å². The Morgan fingerprint density at radius 3 is 2.95 bits per heavy atom. The summed E-state index contributed by atoms with van der Waals surface area (Å²) in [6, 6.07) is 0.213. The van der Waals surface area contributed by atoms with Crippen molar-refractivity contribution in [2.45, 2.75) is 25.6 Å². The van der Waals surface area contributed by atoms with E-state index in [0.29, 0.717) is 17.2 Å². The second-order valence-electron chi connectivity index (χ2n) is 4.58. The lowest BCUT2D eigenvalue weighted by atomic mass is 10.4. The molecule has 2 aromatic heterocycles. The Bertz CT molecular complexity index is 577. The molecule has 0 aliphatic carbocycles. The highest BCUT2D eigenvalue weighted by Gasteiger charge is 2.10. The van der Waals surface area contributed by atoms with Crippen LogP contribution in [0.4, 0.5) is 5.69 Å². The van der Waals surface area contributed by atoms with Gasteiger partial charge in [-0.3, -0.25) is 9.48 Å². The van der Waals surface area contributed by atoms with Crippen molar-refractivity contribution in [3.63, 3.8) is 0 Å². The topological polar surface area (TPSA) is 90.5 Å². The second-order valence-corrected chi connectivity index (χ2v) is 5.56. The van der Waals surface area contributed by atoms with Gasteiger partial charge in [-0.25, -0.2) is 4.68 Å². The maximum absolute atomic E-state index is 11.7. The fourth-order valence-electron chi connectivity index (χ4n) is 1.63. The van der Waals surface area contributed by atoms with Gasteiger partial charge in [-0.05, 0) is 24.3 Å². The number of aryl methyl sites for hydroxylation is 1. The first-order valence-electron chi connectivity index (χ1n) is 6.19. The molecule has 8 nitrogen and oxygen atoms in total. The molecule has 9 heteroatoms. The van der Waals surface area contributed by atoms with Crippen molar-refractivity contribution >= 4 is 23.4 Å². The molecule has 0 aliphatic rings. The van der Waals surface area contributed by atoms with Crippen LogP contribution >= 0.6 is 11.8 Å². The van der Waals surface area contributed by atoms with Crippen LogP contribution in [0.5, 0.6) is 0 Å². The van der Waals surface area contributed by atoms with Gasteiger partial charge >= 0.3 is 0 Å². The van der Waals surface area contributed by atoms with Crippen molar-refractivity contribution in [3.8, 4) is 0 Å². The molecule has 0 radical (unpaired) electrons. The van der Waals surface area contributed by atoms with Crippen molar-refractivity contribution in [1.82, 2.24) is 30.0 Å². The number of anilines is 1. The number of thioether (sulfide) groups is 1. The summed E-state index contributed by atoms with van der Waals surface area (Å²) in [6.07, 6.45) is 3.36. The lowest BCUT2D eigenvalue weighted by Gasteiger charge is -2.07. The summed E-state index contributed by atoms with van der Waals surface area (Å²) in [5.74, 6) is 1.66. The van der Waals surface area contributed by atoms with Gasteiger partial charge < -0.3 is 5.32 Å². The maximum atomic E-state index is 11.7. The summed E-state index contributed by atoms with van der Waals surface area (Å²) in [7, 11) is 1.80. The van der Waals surface area contributed by atoms with E-state index in [-0.39, 0.29) is 11.9 Å². The second kappa shape index (κ2) is 6.51. The average Bonchev–Trinajstić information content (AvgIpc) is 2.98. The van der Waals surface area contributed by atoms with Crippen LogP contribution in [0.3, 0.4) is 0 Å². The van der Waals surface area contributed by atoms with E-state index in [9.17, 15) is 4.79 Å². The first-order valence-corrected chi connectivity index (χ1v) is 7.34. The zero-order valence-corrected chi connectivity index (χ0v) is 12.5. The van der Waals surface area contributed by atoms with Gasteiger partial charge in [0.25, 0.3) is 0 Å². The van der Waals surface area contributed by atoms with Crippen LogP contribution in [0.15, 0.2) is 12.4 Å². The van der Waals surface area contributed by atoms with Gasteiger partial charge in [-0.15, -0.1) is 16.9 Å². The van der Waals surface area contributed by atoms with E-state index >= 15 is 0 Å². The van der Waals surface area contributed by atoms with E-state index in [0.717, 1.165) is 5.82 Å². The fraction of sp³-hybridized carbons (Fsp3) is 0.545. The van der Waals surface area contributed by atoms with Crippen LogP contribution in [-0.4, -0.2) is 41.6 Å². The summed E-state index contributed by atoms with van der Waals surface area (Å²) in [5.41, 5.74) is 0.699. The minimum absolute atomic E-state index is 0.0634. The molecule has 2 aromatic rings. The van der Waals surface area contributed by atoms with Gasteiger partial charge in [-0.1, -0.05) is 0 Å². The Morgan fingerprint density at radius 2 is 2.30 bits per heavy atom. The molecule has 0 spiro atoms. The molecule has 0 atom stereocenters. The molecule has 0 aliphatic heterocycles. The van der Waals surface area contributed by atoms with E-state index in [4.69, 9.17) is 0 Å². The molecule has 1 amide bonds. The Morgan fingerprint density at radius 1 is 1.50 bits per heavy atom. The molecule has 0 bridgehead atoms. The van der Waals surface area contributed by atoms with Gasteiger partial charge in [0, 0.05) is 13.2 Å². The maximum Gasteiger partial charge on any atom is 0.234 e. The molecule has 0 fully saturated rings. The lowest BCUT2D eigenvalue weighted by Crippen LogP contribution is -2.14. The lowest BCUT2D eigenvalue weighted by molar-refractivity contribution is -0.113. The fourth-order valence-corrected chi connectivity index (χ4v) is 2.36. The van der Waals surface area contributed by atoms with Gasteiger partial charge in [0.2, 0.25) is 5.91 Å². The number of rotatable bonds is 6. The number of carbonyl (C=O) groups excluding carboxylic acids is 1. The van der Waals surface area contributed by atoms with Crippen LogP contribution < -0.4 is 5.32 Å². The summed E-state index contributed by atoms with van der Waals surface area (Å²) in [4.78, 5) is 11.7. The summed E-state index contributed by atoms with van der Waals surface area (Å²) in [5, 5.41) is 18.3. The highest BCUT2D eigenvalue weighted by Crippen LogP contribution is 2.13. The summed E-state index contributed by atoms with van der Waals surface area (Å²) < 4.78 is 3.39. The van der Waals surface area contributed by atoms with Crippen molar-refractivity contribution in [2.75, 3.05) is 11.1 Å². The monoisotopic (exact) mass is 295 g/mol. The zero-order chi connectivity index (χ0) is 14.5. The zero-order valence-electron chi connectivity index (χ0n) is 11.6. The third kappa shape index (κ3) is 3.80. The molecule has 20 heavy (non-hydrogen) atoms. The van der Waals surface area contributed by atoms with Crippen molar-refractivity contribution in [3.05, 3.63) is 18.2 Å². The van der Waals surface area contributed by atoms with Crippen LogP contribution in [-0.2, 0) is 17.6 Å². The van der Waals surface area contributed by atoms with E-state index in [1.165, 1.54) is 11.8 Å². The smallest absolute Gasteiger partial charge is 0.234 e. The predicted molar refractivity (Wildman–Crippen MR) is 76.2 cm³/mol. The standard InChI is InChI=1S/C11H17N7OS/c1-8(2)18-10(14-15-16-18)6-20-7-11(19)13-9-4-12-17(3)5-9/h4-5,8H,6-7H2,1-3H3,(H,13,19). The number of nitrogens with one attached hydrogen (secondary N) is 1. The average molecular weight is 295 g/mol. The van der Waals surface area contributed by atoms with Gasteiger partial charge in [0.15, 0.2) is 5.82 Å². The Kier molecular flexibility index (Phi) is 4.72. The van der Waals surface area contributed by atoms with Crippen LogP contribution in [0.25, 0.3) is 0 Å². The first-order chi connectivity index (χ1) is 9.56. The van der Waals surface area contributed by atoms with Gasteiger partial charge in [0.05, 0.1) is 29.4 Å². The molecule has 0 aromatic carbocycles. The third-order valence-corrected chi connectivity index (χ3v) is 3.43. The van der Waals surface area contributed by atoms with Crippen molar-refractivity contribution in [2.24, 2.45) is 7.05 Å². The molecule has 108 valence electrons. The Hall–Kier alpha value is -1.90. The van der Waals surface area contributed by atoms with Gasteiger partial charge in [0.1, 0.15) is 0 Å². The molecule has 0 saturated carbocycles. The Balaban J connectivity index is 1.78. The normalized spacial score (nSPS) is 11.0. The van der Waals surface area contributed by atoms with E-state index < -0.39 is 0 Å². The minimum atomic E-state index is -0.0634. The Labute approximate surface area is 120 Å². The first kappa shape index (κ1) is 14.5. The molecular weight excluding hydrogens is 278 g/mol. The number of nitrogens with zero attached hydrogens (tertiary/aromatic N) is 6. The van der Waals surface area contributed by atoms with Crippen molar-refractivity contribution in [1.29, 1.82) is 0 Å². The highest BCUT2D eigenvalue weighted by atomic mass is 32.2. The molecule has 0 unspecified atom stereocenters. The van der Waals surface area contributed by atoms with E-state index in [1.807, 2.05) is 13.8 Å². The molecule has 1 N–H and O–H groups in total. The van der Waals surface area contributed by atoms with Crippen molar-refractivity contribution < 1.29 is 4.79 Å². The number of hydrogen-bond donors (Lipinski definition) is 1. The predicted octanol–water partition coefficient (Wildman–Crippen LogP) is 0.859. The van der Waals surface area contributed by atoms with E-state index in [2.05, 4.69) is 25.9 Å². The number of carbonyl (C=O) groups is 1. The molecule has 0 saturated heterocycles. The van der Waals surface area contributed by atoms with Crippen LogP contribution in [0.2, 0.25) is 0 Å². The number of aromatic nitrogens is 6. The molecule has 2 heterocycles. The number of tetrazole rings is 1. The molecule has 2 rings (SSSR count).